The molecule has 0 aliphatic carbocycles. The maximum absolute atomic E-state index is 12.7. The zero-order chi connectivity index (χ0) is 19.3. The summed E-state index contributed by atoms with van der Waals surface area (Å²) in [5.74, 6) is 0.617. The molecule has 1 aromatic rings. The van der Waals surface area contributed by atoms with E-state index in [2.05, 4.69) is 10.6 Å². The van der Waals surface area contributed by atoms with Crippen LogP contribution in [0.3, 0.4) is 0 Å². The zero-order valence-corrected chi connectivity index (χ0v) is 16.3. The molecule has 2 aliphatic rings. The van der Waals surface area contributed by atoms with Crippen molar-refractivity contribution in [2.75, 3.05) is 33.4 Å². The summed E-state index contributed by atoms with van der Waals surface area (Å²) >= 11 is 0. The van der Waals surface area contributed by atoms with E-state index in [1.807, 2.05) is 0 Å². The minimum Gasteiger partial charge on any atom is -0.497 e. The average Bonchev–Trinajstić information content (AvgIpc) is 3.20. The number of rotatable bonds is 6. The molecular weight excluding hydrogens is 370 g/mol. The number of piperidine rings is 1. The van der Waals surface area contributed by atoms with Crippen LogP contribution in [0.5, 0.6) is 5.75 Å². The number of nitrogens with one attached hydrogen (secondary N) is 2. The lowest BCUT2D eigenvalue weighted by atomic mass is 10.1. The molecule has 150 valence electrons. The van der Waals surface area contributed by atoms with E-state index >= 15 is 0 Å². The number of benzene rings is 1. The van der Waals surface area contributed by atoms with Gasteiger partial charge in [-0.15, -0.1) is 0 Å². The second kappa shape index (κ2) is 8.90. The van der Waals surface area contributed by atoms with E-state index in [1.165, 1.54) is 11.4 Å². The van der Waals surface area contributed by atoms with Gasteiger partial charge in [-0.25, -0.2) is 13.2 Å². The van der Waals surface area contributed by atoms with Crippen molar-refractivity contribution in [1.82, 2.24) is 14.9 Å². The van der Waals surface area contributed by atoms with Gasteiger partial charge in [0.15, 0.2) is 0 Å². The minimum atomic E-state index is -3.53. The summed E-state index contributed by atoms with van der Waals surface area (Å²) in [7, 11) is -1.99. The number of hydrogen-bond acceptors (Lipinski definition) is 5. The van der Waals surface area contributed by atoms with E-state index in [1.54, 1.807) is 24.3 Å². The fraction of sp³-hybridized carbons (Fsp3) is 0.611. The molecule has 0 unspecified atom stereocenters. The number of carbonyl (C=O) groups is 1. The molecule has 0 spiro atoms. The number of amides is 2. The molecule has 0 saturated carbocycles. The van der Waals surface area contributed by atoms with Crippen LogP contribution in [-0.4, -0.2) is 64.3 Å². The largest absolute Gasteiger partial charge is 0.497 e. The van der Waals surface area contributed by atoms with Gasteiger partial charge in [-0.3, -0.25) is 0 Å². The summed E-state index contributed by atoms with van der Waals surface area (Å²) in [6.07, 6.45) is 3.29. The van der Waals surface area contributed by atoms with Gasteiger partial charge in [0.2, 0.25) is 10.0 Å². The smallest absolute Gasteiger partial charge is 0.315 e. The molecule has 9 heteroatoms. The van der Waals surface area contributed by atoms with Crippen molar-refractivity contribution in [3.05, 3.63) is 24.3 Å². The Balaban J connectivity index is 1.46. The van der Waals surface area contributed by atoms with Crippen molar-refractivity contribution < 1.29 is 22.7 Å². The second-order valence-electron chi connectivity index (χ2n) is 6.84. The molecule has 3 rings (SSSR count). The first-order valence-corrected chi connectivity index (χ1v) is 10.7. The Morgan fingerprint density at radius 2 is 1.93 bits per heavy atom. The van der Waals surface area contributed by atoms with Crippen molar-refractivity contribution in [2.24, 2.45) is 0 Å². The van der Waals surface area contributed by atoms with Gasteiger partial charge in [-0.2, -0.15) is 4.31 Å². The number of methoxy groups -OCH3 is 1. The predicted molar refractivity (Wildman–Crippen MR) is 100 cm³/mol. The lowest BCUT2D eigenvalue weighted by Gasteiger charge is -2.31. The van der Waals surface area contributed by atoms with Crippen molar-refractivity contribution in [2.45, 2.75) is 42.7 Å². The molecule has 1 atom stereocenters. The summed E-state index contributed by atoms with van der Waals surface area (Å²) in [6.45, 7) is 2.03. The molecule has 2 saturated heterocycles. The van der Waals surface area contributed by atoms with Crippen molar-refractivity contribution >= 4 is 16.1 Å². The average molecular weight is 397 g/mol. The van der Waals surface area contributed by atoms with Crippen molar-refractivity contribution in [1.29, 1.82) is 0 Å². The fourth-order valence-electron chi connectivity index (χ4n) is 3.39. The fourth-order valence-corrected chi connectivity index (χ4v) is 4.86. The highest BCUT2D eigenvalue weighted by atomic mass is 32.2. The number of hydrogen-bond donors (Lipinski definition) is 2. The summed E-state index contributed by atoms with van der Waals surface area (Å²) in [5, 5.41) is 5.76. The second-order valence-corrected chi connectivity index (χ2v) is 8.78. The summed E-state index contributed by atoms with van der Waals surface area (Å²) in [4.78, 5) is 12.3. The highest BCUT2D eigenvalue weighted by Crippen LogP contribution is 2.22. The summed E-state index contributed by atoms with van der Waals surface area (Å²) in [5.41, 5.74) is 0. The highest BCUT2D eigenvalue weighted by molar-refractivity contribution is 7.89. The Kier molecular flexibility index (Phi) is 6.56. The van der Waals surface area contributed by atoms with E-state index in [4.69, 9.17) is 9.47 Å². The number of ether oxygens (including phenoxy) is 2. The van der Waals surface area contributed by atoms with Crippen LogP contribution in [0.1, 0.15) is 25.7 Å². The third-order valence-corrected chi connectivity index (χ3v) is 6.91. The molecular formula is C18H27N3O5S. The van der Waals surface area contributed by atoms with Gasteiger partial charge in [0.1, 0.15) is 5.75 Å². The van der Waals surface area contributed by atoms with E-state index < -0.39 is 10.0 Å². The maximum Gasteiger partial charge on any atom is 0.315 e. The molecule has 2 aliphatic heterocycles. The van der Waals surface area contributed by atoms with E-state index in [-0.39, 0.29) is 23.1 Å². The molecule has 8 nitrogen and oxygen atoms in total. The number of carbonyl (C=O) groups excluding carboxylic acids is 1. The highest BCUT2D eigenvalue weighted by Gasteiger charge is 2.30. The van der Waals surface area contributed by atoms with Crippen LogP contribution >= 0.6 is 0 Å². The van der Waals surface area contributed by atoms with Crippen LogP contribution in [0.15, 0.2) is 29.2 Å². The number of nitrogens with zero attached hydrogens (tertiary/aromatic N) is 1. The van der Waals surface area contributed by atoms with Crippen molar-refractivity contribution in [3.8, 4) is 5.75 Å². The lowest BCUT2D eigenvalue weighted by Crippen LogP contribution is -2.49. The summed E-state index contributed by atoms with van der Waals surface area (Å²) in [6, 6.07) is 6.13. The van der Waals surface area contributed by atoms with Gasteiger partial charge in [-0.05, 0) is 49.9 Å². The molecule has 0 bridgehead atoms. The topological polar surface area (TPSA) is 97.0 Å². The molecule has 2 amide bonds. The number of sulfonamides is 1. The van der Waals surface area contributed by atoms with Gasteiger partial charge in [0.05, 0.1) is 18.1 Å². The first-order chi connectivity index (χ1) is 13.0. The van der Waals surface area contributed by atoms with E-state index in [0.29, 0.717) is 38.2 Å². The lowest BCUT2D eigenvalue weighted by molar-refractivity contribution is 0.111. The van der Waals surface area contributed by atoms with Crippen LogP contribution in [-0.2, 0) is 14.8 Å². The minimum absolute atomic E-state index is 0.0307. The van der Waals surface area contributed by atoms with Gasteiger partial charge in [-0.1, -0.05) is 0 Å². The Bertz CT molecular complexity index is 724. The zero-order valence-electron chi connectivity index (χ0n) is 15.5. The van der Waals surface area contributed by atoms with Gasteiger partial charge >= 0.3 is 6.03 Å². The summed E-state index contributed by atoms with van der Waals surface area (Å²) < 4.78 is 37.5. The van der Waals surface area contributed by atoms with Crippen LogP contribution in [0, 0.1) is 0 Å². The molecule has 27 heavy (non-hydrogen) atoms. The Morgan fingerprint density at radius 1 is 1.22 bits per heavy atom. The normalized spacial score (nSPS) is 21.7. The Morgan fingerprint density at radius 3 is 2.52 bits per heavy atom. The van der Waals surface area contributed by atoms with Gasteiger partial charge < -0.3 is 20.1 Å². The monoisotopic (exact) mass is 397 g/mol. The van der Waals surface area contributed by atoms with Crippen LogP contribution in [0.25, 0.3) is 0 Å². The third-order valence-electron chi connectivity index (χ3n) is 5.00. The molecule has 0 radical (unpaired) electrons. The quantitative estimate of drug-likeness (QED) is 0.755. The van der Waals surface area contributed by atoms with Crippen molar-refractivity contribution in [3.63, 3.8) is 0 Å². The Hall–Kier alpha value is -1.84. The standard InChI is InChI=1S/C18H27N3O5S/c1-25-15-4-6-17(7-5-15)27(23,24)21-10-8-14(9-11-21)20-18(22)19-13-16-3-2-12-26-16/h4-7,14,16H,2-3,8-13H2,1H3,(H2,19,20,22)/t16-/m1/s1. The molecule has 2 N–H and O–H groups in total. The molecule has 0 aromatic heterocycles. The molecule has 2 heterocycles. The first kappa shape index (κ1) is 19.9. The maximum atomic E-state index is 12.7. The van der Waals surface area contributed by atoms with Crippen LogP contribution in [0.4, 0.5) is 4.79 Å². The third kappa shape index (κ3) is 5.12. The van der Waals surface area contributed by atoms with Gasteiger partial charge in [0, 0.05) is 32.3 Å². The Labute approximate surface area is 160 Å². The molecule has 1 aromatic carbocycles. The van der Waals surface area contributed by atoms with Crippen LogP contribution < -0.4 is 15.4 Å². The first-order valence-electron chi connectivity index (χ1n) is 9.29. The van der Waals surface area contributed by atoms with Gasteiger partial charge in [0.25, 0.3) is 0 Å². The van der Waals surface area contributed by atoms with E-state index in [9.17, 15) is 13.2 Å². The predicted octanol–water partition coefficient (Wildman–Crippen LogP) is 1.33. The van der Waals surface area contributed by atoms with Crippen LogP contribution in [0.2, 0.25) is 0 Å². The number of urea groups is 1. The SMILES string of the molecule is COc1ccc(S(=O)(=O)N2CCC(NC(=O)NC[C@H]3CCCO3)CC2)cc1. The molecule has 2 fully saturated rings. The van der Waals surface area contributed by atoms with E-state index in [0.717, 1.165) is 19.4 Å².